The molecule has 0 fully saturated rings. The van der Waals surface area contributed by atoms with Gasteiger partial charge in [0.05, 0.1) is 6.20 Å². The number of unbranched alkanes of at least 4 members (excludes halogenated alkanes) is 4. The molecule has 1 aromatic rings. The highest BCUT2D eigenvalue weighted by Gasteiger charge is 2.22. The van der Waals surface area contributed by atoms with E-state index in [0.717, 1.165) is 6.54 Å². The monoisotopic (exact) mass is 249 g/mol. The number of aryl methyl sites for hydroxylation is 1. The quantitative estimate of drug-likeness (QED) is 0.751. The van der Waals surface area contributed by atoms with E-state index in [1.54, 1.807) is 0 Å². The van der Waals surface area contributed by atoms with Crippen molar-refractivity contribution in [1.29, 1.82) is 0 Å². The Morgan fingerprint density at radius 1 is 1.33 bits per heavy atom. The molecule has 102 valence electrons. The maximum absolute atomic E-state index is 4.39. The van der Waals surface area contributed by atoms with Gasteiger partial charge in [-0.3, -0.25) is 4.68 Å². The second-order valence-electron chi connectivity index (χ2n) is 5.48. The largest absolute Gasteiger partial charge is 0.310 e. The second-order valence-corrected chi connectivity index (χ2v) is 5.48. The van der Waals surface area contributed by atoms with Crippen molar-refractivity contribution in [1.82, 2.24) is 15.1 Å². The van der Waals surface area contributed by atoms with Crippen LogP contribution in [0.1, 0.15) is 69.2 Å². The van der Waals surface area contributed by atoms with E-state index in [-0.39, 0.29) is 0 Å². The molecule has 0 saturated heterocycles. The number of hydrogen-bond acceptors (Lipinski definition) is 2. The first kappa shape index (κ1) is 13.6. The number of rotatable bonds is 7. The number of nitrogens with zero attached hydrogens (tertiary/aromatic N) is 2. The molecule has 0 radical (unpaired) electrons. The number of aromatic nitrogens is 2. The predicted octanol–water partition coefficient (Wildman–Crippen LogP) is 3.36. The van der Waals surface area contributed by atoms with Crippen LogP contribution in [0.2, 0.25) is 0 Å². The van der Waals surface area contributed by atoms with Crippen molar-refractivity contribution < 1.29 is 0 Å². The summed E-state index contributed by atoms with van der Waals surface area (Å²) < 4.78 is 2.05. The summed E-state index contributed by atoms with van der Waals surface area (Å²) in [6.45, 7) is 3.42. The SMILES string of the molecule is CCCCCCCNC1CCCc2c1cnn2C. The van der Waals surface area contributed by atoms with Crippen molar-refractivity contribution in [2.75, 3.05) is 6.54 Å². The third kappa shape index (κ3) is 3.35. The lowest BCUT2D eigenvalue weighted by Crippen LogP contribution is -2.26. The average molecular weight is 249 g/mol. The molecule has 18 heavy (non-hydrogen) atoms. The van der Waals surface area contributed by atoms with Gasteiger partial charge in [-0.25, -0.2) is 0 Å². The topological polar surface area (TPSA) is 29.9 Å². The second kappa shape index (κ2) is 6.93. The summed E-state index contributed by atoms with van der Waals surface area (Å²) in [7, 11) is 2.06. The van der Waals surface area contributed by atoms with Crippen molar-refractivity contribution in [3.05, 3.63) is 17.5 Å². The molecule has 1 aliphatic rings. The minimum Gasteiger partial charge on any atom is -0.310 e. The molecule has 2 rings (SSSR count). The van der Waals surface area contributed by atoms with Crippen LogP contribution in [0.4, 0.5) is 0 Å². The maximum atomic E-state index is 4.39. The van der Waals surface area contributed by atoms with Crippen LogP contribution < -0.4 is 5.32 Å². The highest BCUT2D eigenvalue weighted by atomic mass is 15.3. The fraction of sp³-hybridized carbons (Fsp3) is 0.800. The molecule has 1 aliphatic carbocycles. The first-order valence-corrected chi connectivity index (χ1v) is 7.57. The summed E-state index contributed by atoms with van der Waals surface area (Å²) in [6, 6.07) is 0.550. The molecule has 1 N–H and O–H groups in total. The zero-order valence-electron chi connectivity index (χ0n) is 11.9. The third-order valence-electron chi connectivity index (χ3n) is 4.05. The first-order valence-electron chi connectivity index (χ1n) is 7.57. The molecular formula is C15H27N3. The molecule has 1 atom stereocenters. The number of hydrogen-bond donors (Lipinski definition) is 1. The van der Waals surface area contributed by atoms with E-state index in [9.17, 15) is 0 Å². The number of nitrogens with one attached hydrogen (secondary N) is 1. The van der Waals surface area contributed by atoms with Gasteiger partial charge >= 0.3 is 0 Å². The summed E-state index contributed by atoms with van der Waals surface area (Å²) >= 11 is 0. The van der Waals surface area contributed by atoms with Gasteiger partial charge in [-0.1, -0.05) is 32.6 Å². The molecule has 3 heteroatoms. The van der Waals surface area contributed by atoms with Gasteiger partial charge in [0.25, 0.3) is 0 Å². The molecule has 1 aromatic heterocycles. The van der Waals surface area contributed by atoms with E-state index >= 15 is 0 Å². The van der Waals surface area contributed by atoms with Gasteiger partial charge < -0.3 is 5.32 Å². The van der Waals surface area contributed by atoms with E-state index in [0.29, 0.717) is 6.04 Å². The average Bonchev–Trinajstić information content (AvgIpc) is 2.77. The van der Waals surface area contributed by atoms with Crippen molar-refractivity contribution in [2.24, 2.45) is 7.05 Å². The molecule has 3 nitrogen and oxygen atoms in total. The summed E-state index contributed by atoms with van der Waals surface area (Å²) in [6.07, 6.45) is 12.6. The van der Waals surface area contributed by atoms with Gasteiger partial charge in [-0.15, -0.1) is 0 Å². The van der Waals surface area contributed by atoms with Crippen LogP contribution >= 0.6 is 0 Å². The van der Waals surface area contributed by atoms with Crippen LogP contribution in [0.3, 0.4) is 0 Å². The highest BCUT2D eigenvalue weighted by molar-refractivity contribution is 5.24. The summed E-state index contributed by atoms with van der Waals surface area (Å²) in [5.41, 5.74) is 2.88. The Labute approximate surface area is 111 Å². The van der Waals surface area contributed by atoms with Gasteiger partial charge in [0, 0.05) is 24.3 Å². The smallest absolute Gasteiger partial charge is 0.0540 e. The van der Waals surface area contributed by atoms with E-state index in [4.69, 9.17) is 0 Å². The van der Waals surface area contributed by atoms with Crippen molar-refractivity contribution in [3.8, 4) is 0 Å². The summed E-state index contributed by atoms with van der Waals surface area (Å²) in [5, 5.41) is 8.11. The zero-order valence-corrected chi connectivity index (χ0v) is 11.9. The van der Waals surface area contributed by atoms with E-state index in [2.05, 4.69) is 30.6 Å². The van der Waals surface area contributed by atoms with Crippen LogP contribution in [0.5, 0.6) is 0 Å². The Kier molecular flexibility index (Phi) is 5.24. The lowest BCUT2D eigenvalue weighted by molar-refractivity contribution is 0.442. The molecule has 1 unspecified atom stereocenters. The van der Waals surface area contributed by atoms with Crippen LogP contribution in [0.25, 0.3) is 0 Å². The molecule has 0 saturated carbocycles. The Morgan fingerprint density at radius 3 is 3.00 bits per heavy atom. The van der Waals surface area contributed by atoms with Crippen LogP contribution in [0, 0.1) is 0 Å². The third-order valence-corrected chi connectivity index (χ3v) is 4.05. The predicted molar refractivity (Wildman–Crippen MR) is 75.6 cm³/mol. The minimum atomic E-state index is 0.550. The van der Waals surface area contributed by atoms with E-state index in [1.165, 1.54) is 62.6 Å². The fourth-order valence-electron chi connectivity index (χ4n) is 2.92. The van der Waals surface area contributed by atoms with E-state index in [1.807, 2.05) is 4.68 Å². The molecule has 0 aliphatic heterocycles. The standard InChI is InChI=1S/C15H27N3/c1-3-4-5-6-7-11-16-14-9-8-10-15-13(14)12-17-18(15)2/h12,14,16H,3-11H2,1-2H3. The lowest BCUT2D eigenvalue weighted by atomic mass is 9.93. The maximum Gasteiger partial charge on any atom is 0.0540 e. The van der Waals surface area contributed by atoms with Gasteiger partial charge in [-0.05, 0) is 32.2 Å². The number of fused-ring (bicyclic) bond motifs is 1. The van der Waals surface area contributed by atoms with Crippen LogP contribution in [-0.2, 0) is 13.5 Å². The van der Waals surface area contributed by atoms with Crippen molar-refractivity contribution in [3.63, 3.8) is 0 Å². The Hall–Kier alpha value is -0.830. The molecule has 0 amide bonds. The molecule has 0 bridgehead atoms. The van der Waals surface area contributed by atoms with Gasteiger partial charge in [0.1, 0.15) is 0 Å². The van der Waals surface area contributed by atoms with Crippen LogP contribution in [0.15, 0.2) is 6.20 Å². The Bertz CT molecular complexity index is 357. The molecule has 1 heterocycles. The lowest BCUT2D eigenvalue weighted by Gasteiger charge is -2.23. The first-order chi connectivity index (χ1) is 8.83. The van der Waals surface area contributed by atoms with Crippen LogP contribution in [-0.4, -0.2) is 16.3 Å². The zero-order chi connectivity index (χ0) is 12.8. The summed E-state index contributed by atoms with van der Waals surface area (Å²) in [5.74, 6) is 0. The van der Waals surface area contributed by atoms with Crippen molar-refractivity contribution >= 4 is 0 Å². The Morgan fingerprint density at radius 2 is 2.17 bits per heavy atom. The highest BCUT2D eigenvalue weighted by Crippen LogP contribution is 2.28. The normalized spacial score (nSPS) is 18.9. The van der Waals surface area contributed by atoms with Crippen molar-refractivity contribution in [2.45, 2.75) is 64.3 Å². The summed E-state index contributed by atoms with van der Waals surface area (Å²) in [4.78, 5) is 0. The molecule has 0 aromatic carbocycles. The van der Waals surface area contributed by atoms with E-state index < -0.39 is 0 Å². The van der Waals surface area contributed by atoms with Gasteiger partial charge in [-0.2, -0.15) is 5.10 Å². The molecular weight excluding hydrogens is 222 g/mol. The van der Waals surface area contributed by atoms with Gasteiger partial charge in [0.15, 0.2) is 0 Å². The minimum absolute atomic E-state index is 0.550. The fourth-order valence-corrected chi connectivity index (χ4v) is 2.92. The van der Waals surface area contributed by atoms with Gasteiger partial charge in [0.2, 0.25) is 0 Å². The Balaban J connectivity index is 1.74. The molecule has 0 spiro atoms.